The highest BCUT2D eigenvalue weighted by molar-refractivity contribution is 5.98. The zero-order valence-corrected chi connectivity index (χ0v) is 14.7. The molecule has 1 unspecified atom stereocenters. The van der Waals surface area contributed by atoms with Gasteiger partial charge in [-0.3, -0.25) is 4.79 Å². The highest BCUT2D eigenvalue weighted by atomic mass is 16.6. The topological polar surface area (TPSA) is 50.8 Å². The fourth-order valence-electron chi connectivity index (χ4n) is 2.92. The predicted molar refractivity (Wildman–Crippen MR) is 97.5 cm³/mol. The summed E-state index contributed by atoms with van der Waals surface area (Å²) in [4.78, 5) is 14.6. The highest BCUT2D eigenvalue weighted by Gasteiger charge is 2.16. The quantitative estimate of drug-likeness (QED) is 0.785. The first-order valence-corrected chi connectivity index (χ1v) is 8.50. The lowest BCUT2D eigenvalue weighted by Gasteiger charge is -2.25. The number of benzene rings is 2. The third kappa shape index (κ3) is 4.38. The Balaban J connectivity index is 1.58. The van der Waals surface area contributed by atoms with Crippen LogP contribution in [0, 0.1) is 0 Å². The largest absolute Gasteiger partial charge is 0.486 e. The van der Waals surface area contributed by atoms with Crippen molar-refractivity contribution in [2.24, 2.45) is 0 Å². The molecule has 132 valence electrons. The van der Waals surface area contributed by atoms with Gasteiger partial charge in [-0.25, -0.2) is 0 Å². The molecule has 1 aliphatic rings. The molecule has 5 heteroatoms. The maximum absolute atomic E-state index is 12.4. The first-order chi connectivity index (χ1) is 12.1. The zero-order chi connectivity index (χ0) is 17.6. The normalized spacial score (nSPS) is 14.4. The first kappa shape index (κ1) is 17.5. The van der Waals surface area contributed by atoms with Gasteiger partial charge in [0, 0.05) is 18.2 Å². The summed E-state index contributed by atoms with van der Waals surface area (Å²) in [6.07, 6.45) is 0. The molecular formula is C20H24N2O3. The smallest absolute Gasteiger partial charge is 0.176 e. The number of ketones is 1. The van der Waals surface area contributed by atoms with Gasteiger partial charge in [0.1, 0.15) is 13.2 Å². The number of Topliss-reactive ketones (excluding diaryl/α,β-unsaturated/α-hetero) is 1. The second-order valence-electron chi connectivity index (χ2n) is 6.30. The van der Waals surface area contributed by atoms with Gasteiger partial charge in [-0.05, 0) is 37.9 Å². The van der Waals surface area contributed by atoms with Crippen LogP contribution in [-0.4, -0.2) is 51.1 Å². The van der Waals surface area contributed by atoms with Crippen LogP contribution in [0.1, 0.15) is 22.0 Å². The van der Waals surface area contributed by atoms with Crippen molar-refractivity contribution in [1.29, 1.82) is 0 Å². The summed E-state index contributed by atoms with van der Waals surface area (Å²) < 4.78 is 11.0. The number of ether oxygens (including phenoxy) is 2. The van der Waals surface area contributed by atoms with Crippen LogP contribution in [0.2, 0.25) is 0 Å². The summed E-state index contributed by atoms with van der Waals surface area (Å²) in [6, 6.07) is 15.9. The minimum absolute atomic E-state index is 0.0440. The van der Waals surface area contributed by atoms with E-state index in [0.29, 0.717) is 36.8 Å². The van der Waals surface area contributed by atoms with Crippen molar-refractivity contribution in [2.45, 2.75) is 6.04 Å². The molecule has 1 heterocycles. The maximum Gasteiger partial charge on any atom is 0.176 e. The van der Waals surface area contributed by atoms with Gasteiger partial charge in [0.25, 0.3) is 0 Å². The average Bonchev–Trinajstić information content (AvgIpc) is 2.65. The molecule has 0 saturated heterocycles. The van der Waals surface area contributed by atoms with Gasteiger partial charge in [0.05, 0.1) is 6.54 Å². The third-order valence-corrected chi connectivity index (χ3v) is 4.30. The fourth-order valence-corrected chi connectivity index (χ4v) is 2.92. The van der Waals surface area contributed by atoms with E-state index in [4.69, 9.17) is 9.47 Å². The van der Waals surface area contributed by atoms with Crippen molar-refractivity contribution >= 4 is 5.78 Å². The molecule has 5 nitrogen and oxygen atoms in total. The second-order valence-corrected chi connectivity index (χ2v) is 6.30. The van der Waals surface area contributed by atoms with Crippen LogP contribution in [0.5, 0.6) is 11.5 Å². The number of fused-ring (bicyclic) bond motifs is 1. The summed E-state index contributed by atoms with van der Waals surface area (Å²) in [5, 5.41) is 3.28. The van der Waals surface area contributed by atoms with Gasteiger partial charge in [0.15, 0.2) is 17.3 Å². The van der Waals surface area contributed by atoms with E-state index in [1.807, 2.05) is 32.3 Å². The van der Waals surface area contributed by atoms with Gasteiger partial charge >= 0.3 is 0 Å². The molecule has 0 radical (unpaired) electrons. The van der Waals surface area contributed by atoms with Gasteiger partial charge < -0.3 is 19.7 Å². The Morgan fingerprint density at radius 1 is 1.08 bits per heavy atom. The lowest BCUT2D eigenvalue weighted by Crippen LogP contribution is -2.33. The molecule has 0 saturated carbocycles. The molecule has 0 spiro atoms. The van der Waals surface area contributed by atoms with E-state index < -0.39 is 0 Å². The molecule has 0 fully saturated rings. The van der Waals surface area contributed by atoms with Crippen LogP contribution in [0.4, 0.5) is 0 Å². The van der Waals surface area contributed by atoms with E-state index in [0.717, 1.165) is 0 Å². The predicted octanol–water partition coefficient (Wildman–Crippen LogP) is 2.53. The lowest BCUT2D eigenvalue weighted by molar-refractivity contribution is 0.0987. The first-order valence-electron chi connectivity index (χ1n) is 8.50. The number of carbonyl (C=O) groups is 1. The fraction of sp³-hybridized carbons (Fsp3) is 0.350. The van der Waals surface area contributed by atoms with Crippen LogP contribution >= 0.6 is 0 Å². The van der Waals surface area contributed by atoms with Crippen molar-refractivity contribution in [3.8, 4) is 11.5 Å². The Hall–Kier alpha value is -2.37. The third-order valence-electron chi connectivity index (χ3n) is 4.30. The van der Waals surface area contributed by atoms with Gasteiger partial charge in [-0.1, -0.05) is 30.3 Å². The Morgan fingerprint density at radius 2 is 1.80 bits per heavy atom. The number of carbonyl (C=O) groups excluding carboxylic acids is 1. The lowest BCUT2D eigenvalue weighted by atomic mass is 10.1. The van der Waals surface area contributed by atoms with Gasteiger partial charge in [-0.2, -0.15) is 0 Å². The summed E-state index contributed by atoms with van der Waals surface area (Å²) in [5.74, 6) is 1.39. The van der Waals surface area contributed by atoms with E-state index in [-0.39, 0.29) is 18.4 Å². The number of hydrogen-bond donors (Lipinski definition) is 1. The molecule has 2 aromatic rings. The number of nitrogens with zero attached hydrogens (tertiary/aromatic N) is 1. The van der Waals surface area contributed by atoms with E-state index >= 15 is 0 Å². The molecule has 0 aromatic heterocycles. The minimum atomic E-state index is 0.0440. The van der Waals surface area contributed by atoms with Gasteiger partial charge in [0.2, 0.25) is 0 Å². The van der Waals surface area contributed by atoms with Crippen molar-refractivity contribution in [1.82, 2.24) is 10.2 Å². The standard InChI is InChI=1S/C20H24N2O3/c1-22(2)17(15-6-4-3-5-7-15)13-21-14-18(23)16-8-9-19-20(12-16)25-11-10-24-19/h3-9,12,17,21H,10-11,13-14H2,1-2H3. The SMILES string of the molecule is CN(C)C(CNCC(=O)c1ccc2c(c1)OCCO2)c1ccccc1. The Morgan fingerprint density at radius 3 is 2.52 bits per heavy atom. The monoisotopic (exact) mass is 340 g/mol. The van der Waals surface area contributed by atoms with E-state index in [1.165, 1.54) is 5.56 Å². The molecule has 1 aliphatic heterocycles. The molecule has 3 rings (SSSR count). The molecule has 1 N–H and O–H groups in total. The number of likely N-dealkylation sites (N-methyl/N-ethyl adjacent to an activating group) is 1. The van der Waals surface area contributed by atoms with Crippen molar-refractivity contribution < 1.29 is 14.3 Å². The van der Waals surface area contributed by atoms with Gasteiger partial charge in [-0.15, -0.1) is 0 Å². The molecule has 2 aromatic carbocycles. The Bertz CT molecular complexity index is 716. The average molecular weight is 340 g/mol. The van der Waals surface area contributed by atoms with Crippen LogP contribution in [0.3, 0.4) is 0 Å². The number of hydrogen-bond acceptors (Lipinski definition) is 5. The molecule has 0 aliphatic carbocycles. The Labute approximate surface area is 148 Å². The van der Waals surface area contributed by atoms with E-state index in [2.05, 4.69) is 22.3 Å². The molecule has 0 bridgehead atoms. The molecule has 0 amide bonds. The van der Waals surface area contributed by atoms with Crippen molar-refractivity contribution in [3.05, 3.63) is 59.7 Å². The van der Waals surface area contributed by atoms with E-state index in [9.17, 15) is 4.79 Å². The Kier molecular flexibility index (Phi) is 5.68. The minimum Gasteiger partial charge on any atom is -0.486 e. The summed E-state index contributed by atoms with van der Waals surface area (Å²) in [6.45, 7) is 2.06. The molecular weight excluding hydrogens is 316 g/mol. The summed E-state index contributed by atoms with van der Waals surface area (Å²) >= 11 is 0. The molecule has 1 atom stereocenters. The van der Waals surface area contributed by atoms with Crippen molar-refractivity contribution in [3.63, 3.8) is 0 Å². The summed E-state index contributed by atoms with van der Waals surface area (Å²) in [5.41, 5.74) is 1.87. The highest BCUT2D eigenvalue weighted by Crippen LogP contribution is 2.30. The second kappa shape index (κ2) is 8.14. The number of nitrogens with one attached hydrogen (secondary N) is 1. The molecule has 25 heavy (non-hydrogen) atoms. The van der Waals surface area contributed by atoms with Crippen LogP contribution < -0.4 is 14.8 Å². The van der Waals surface area contributed by atoms with Crippen LogP contribution in [0.25, 0.3) is 0 Å². The van der Waals surface area contributed by atoms with Crippen LogP contribution in [0.15, 0.2) is 48.5 Å². The summed E-state index contributed by atoms with van der Waals surface area (Å²) in [7, 11) is 4.09. The maximum atomic E-state index is 12.4. The number of rotatable bonds is 7. The van der Waals surface area contributed by atoms with Crippen molar-refractivity contribution in [2.75, 3.05) is 40.4 Å². The van der Waals surface area contributed by atoms with Crippen LogP contribution in [-0.2, 0) is 0 Å². The van der Waals surface area contributed by atoms with E-state index in [1.54, 1.807) is 18.2 Å². The zero-order valence-electron chi connectivity index (χ0n) is 14.7.